The first-order valence-electron chi connectivity index (χ1n) is 9.25. The zero-order valence-corrected chi connectivity index (χ0v) is 16.9. The van der Waals surface area contributed by atoms with Gasteiger partial charge in [0.25, 0.3) is 0 Å². The predicted molar refractivity (Wildman–Crippen MR) is 96.2 cm³/mol. The number of methoxy groups -OCH3 is 1. The van der Waals surface area contributed by atoms with E-state index in [1.807, 2.05) is 0 Å². The number of ether oxygens (including phenoxy) is 4. The molecule has 0 aromatic rings. The highest BCUT2D eigenvalue weighted by Crippen LogP contribution is 2.59. The molecule has 2 aliphatic heterocycles. The van der Waals surface area contributed by atoms with Crippen LogP contribution < -0.4 is 0 Å². The van der Waals surface area contributed by atoms with Gasteiger partial charge in [0.05, 0.1) is 49.2 Å². The molecule has 150 valence electrons. The topological polar surface area (TPSA) is 101 Å². The van der Waals surface area contributed by atoms with E-state index in [4.69, 9.17) is 28.7 Å². The van der Waals surface area contributed by atoms with Crippen molar-refractivity contribution < 1.29 is 33.3 Å². The Balaban J connectivity index is 1.70. The summed E-state index contributed by atoms with van der Waals surface area (Å²) in [5, 5.41) is 0. The minimum absolute atomic E-state index is 0.0220. The molecule has 0 amide bonds. The van der Waals surface area contributed by atoms with Crippen LogP contribution in [0.4, 0.5) is 0 Å². The van der Waals surface area contributed by atoms with Crippen molar-refractivity contribution in [2.75, 3.05) is 26.5 Å². The van der Waals surface area contributed by atoms with Crippen molar-refractivity contribution in [1.29, 1.82) is 0 Å². The molecule has 1 saturated carbocycles. The maximum Gasteiger partial charge on any atom is 0.327 e. The average molecular weight is 390 g/mol. The fraction of sp³-hybridized carbons (Fsp3) is 0.889. The Morgan fingerprint density at radius 2 is 2.08 bits per heavy atom. The lowest BCUT2D eigenvalue weighted by molar-refractivity contribution is -0.136. The molecule has 3 aliphatic rings. The summed E-state index contributed by atoms with van der Waals surface area (Å²) in [5.41, 5.74) is 0.734. The summed E-state index contributed by atoms with van der Waals surface area (Å²) in [6, 6.07) is 0. The molecule has 1 spiro atoms. The Hall–Kier alpha value is -0.270. The van der Waals surface area contributed by atoms with Gasteiger partial charge in [-0.05, 0) is 40.0 Å². The van der Waals surface area contributed by atoms with Crippen LogP contribution >= 0.6 is 7.60 Å². The zero-order chi connectivity index (χ0) is 19.2. The molecule has 2 heterocycles. The Labute approximate surface area is 155 Å². The molecule has 8 heteroatoms. The van der Waals surface area contributed by atoms with Gasteiger partial charge in [0.2, 0.25) is 0 Å². The van der Waals surface area contributed by atoms with Crippen molar-refractivity contribution in [3.05, 3.63) is 11.6 Å². The van der Waals surface area contributed by atoms with E-state index in [2.05, 4.69) is 26.8 Å². The lowest BCUT2D eigenvalue weighted by atomic mass is 9.68. The molecule has 26 heavy (non-hydrogen) atoms. The van der Waals surface area contributed by atoms with Gasteiger partial charge in [0, 0.05) is 7.11 Å². The van der Waals surface area contributed by atoms with Gasteiger partial charge in [0.15, 0.2) is 0 Å². The Morgan fingerprint density at radius 1 is 1.38 bits per heavy atom. The zero-order valence-electron chi connectivity index (χ0n) is 16.0. The quantitative estimate of drug-likeness (QED) is 0.372. The largest absolute Gasteiger partial charge is 0.378 e. The third-order valence-electron chi connectivity index (χ3n) is 5.95. The van der Waals surface area contributed by atoms with Gasteiger partial charge in [-0.3, -0.25) is 4.57 Å². The summed E-state index contributed by atoms with van der Waals surface area (Å²) in [5.74, 6) is 0.0457. The molecule has 0 bridgehead atoms. The van der Waals surface area contributed by atoms with E-state index >= 15 is 0 Å². The Bertz CT molecular complexity index is 592. The molecule has 0 radical (unpaired) electrons. The summed E-state index contributed by atoms with van der Waals surface area (Å²) < 4.78 is 34.7. The first-order chi connectivity index (χ1) is 12.1. The number of hydrogen-bond donors (Lipinski definition) is 2. The van der Waals surface area contributed by atoms with Crippen molar-refractivity contribution in [2.45, 2.75) is 69.5 Å². The summed E-state index contributed by atoms with van der Waals surface area (Å²) in [6.45, 7) is 7.01. The van der Waals surface area contributed by atoms with Gasteiger partial charge >= 0.3 is 7.60 Å². The van der Waals surface area contributed by atoms with Crippen LogP contribution in [-0.2, 0) is 23.5 Å². The molecule has 2 N–H and O–H groups in total. The van der Waals surface area contributed by atoms with Gasteiger partial charge in [0.1, 0.15) is 5.60 Å². The van der Waals surface area contributed by atoms with Crippen LogP contribution in [0.5, 0.6) is 0 Å². The van der Waals surface area contributed by atoms with Gasteiger partial charge in [-0.15, -0.1) is 0 Å². The molecule has 7 nitrogen and oxygen atoms in total. The molecule has 0 aromatic heterocycles. The molecule has 1 aliphatic carbocycles. The minimum Gasteiger partial charge on any atom is -0.378 e. The van der Waals surface area contributed by atoms with Gasteiger partial charge in [-0.25, -0.2) is 0 Å². The molecular weight excluding hydrogens is 359 g/mol. The van der Waals surface area contributed by atoms with Crippen molar-refractivity contribution >= 4 is 7.60 Å². The Morgan fingerprint density at radius 3 is 2.62 bits per heavy atom. The molecule has 0 unspecified atom stereocenters. The monoisotopic (exact) mass is 390 g/mol. The molecular formula is C18H31O7P. The number of hydrogen-bond acceptors (Lipinski definition) is 5. The van der Waals surface area contributed by atoms with Crippen LogP contribution in [0.2, 0.25) is 0 Å². The molecule has 0 aromatic carbocycles. The van der Waals surface area contributed by atoms with E-state index in [1.165, 1.54) is 5.57 Å². The maximum atomic E-state index is 11.1. The van der Waals surface area contributed by atoms with E-state index < -0.39 is 7.60 Å². The molecule has 6 atom stereocenters. The molecule has 3 rings (SSSR count). The van der Waals surface area contributed by atoms with Crippen molar-refractivity contribution in [1.82, 2.24) is 0 Å². The van der Waals surface area contributed by atoms with Gasteiger partial charge < -0.3 is 28.7 Å². The second-order valence-electron chi connectivity index (χ2n) is 8.18. The van der Waals surface area contributed by atoms with Crippen LogP contribution in [-0.4, -0.2) is 65.8 Å². The second kappa shape index (κ2) is 7.28. The average Bonchev–Trinajstić information content (AvgIpc) is 3.44. The molecule has 2 saturated heterocycles. The van der Waals surface area contributed by atoms with Crippen LogP contribution in [0.1, 0.15) is 40.0 Å². The summed E-state index contributed by atoms with van der Waals surface area (Å²) >= 11 is 0. The minimum atomic E-state index is -4.06. The summed E-state index contributed by atoms with van der Waals surface area (Å²) in [6.07, 6.45) is 4.09. The van der Waals surface area contributed by atoms with Crippen LogP contribution in [0.15, 0.2) is 11.6 Å². The van der Waals surface area contributed by atoms with E-state index in [-0.39, 0.29) is 48.2 Å². The fourth-order valence-corrected chi connectivity index (χ4v) is 4.79. The van der Waals surface area contributed by atoms with Crippen molar-refractivity contribution in [3.63, 3.8) is 0 Å². The van der Waals surface area contributed by atoms with Crippen LogP contribution in [0.25, 0.3) is 0 Å². The lowest BCUT2D eigenvalue weighted by Gasteiger charge is -2.43. The van der Waals surface area contributed by atoms with E-state index in [0.29, 0.717) is 6.61 Å². The molecule has 3 fully saturated rings. The fourth-order valence-electron chi connectivity index (χ4n) is 4.45. The SMILES string of the molecule is CO[C@@H]1[C@H](OCCP(=O)(O)O)CC[C@]2(CO2)[C@H]1[C@@]1(C)O[C@@H]1CC=C(C)C. The lowest BCUT2D eigenvalue weighted by Crippen LogP contribution is -2.55. The van der Waals surface area contributed by atoms with E-state index in [0.717, 1.165) is 19.3 Å². The third kappa shape index (κ3) is 4.25. The summed E-state index contributed by atoms with van der Waals surface area (Å²) in [7, 11) is -2.40. The van der Waals surface area contributed by atoms with Gasteiger partial charge in [-0.1, -0.05) is 11.6 Å². The van der Waals surface area contributed by atoms with E-state index in [1.54, 1.807) is 7.11 Å². The first kappa shape index (κ1) is 20.5. The number of rotatable bonds is 8. The highest BCUT2D eigenvalue weighted by atomic mass is 31.2. The van der Waals surface area contributed by atoms with Crippen molar-refractivity contribution in [3.8, 4) is 0 Å². The van der Waals surface area contributed by atoms with Gasteiger partial charge in [-0.2, -0.15) is 0 Å². The number of allylic oxidation sites excluding steroid dienone is 1. The highest BCUT2D eigenvalue weighted by Gasteiger charge is 2.71. The Kier molecular flexibility index (Phi) is 5.73. The third-order valence-corrected chi connectivity index (χ3v) is 6.72. The van der Waals surface area contributed by atoms with Crippen LogP contribution in [0.3, 0.4) is 0 Å². The first-order valence-corrected chi connectivity index (χ1v) is 11.1. The predicted octanol–water partition coefficient (Wildman–Crippen LogP) is 2.26. The summed E-state index contributed by atoms with van der Waals surface area (Å²) in [4.78, 5) is 18.1. The standard InChI is InChI=1S/C18H31O7P/c1-12(2)5-6-14-17(3,25-14)16-15(22-4)13(7-8-18(16)11-24-18)23-9-10-26(19,20)21/h5,13-16H,6-11H2,1-4H3,(H2,19,20,21)/t13-,14-,15-,16-,17+,18+/m1/s1. The van der Waals surface area contributed by atoms with Crippen molar-refractivity contribution in [2.24, 2.45) is 5.92 Å². The van der Waals surface area contributed by atoms with Crippen LogP contribution in [0, 0.1) is 5.92 Å². The van der Waals surface area contributed by atoms with E-state index in [9.17, 15) is 4.57 Å². The normalized spacial score (nSPS) is 41.9. The number of epoxide rings is 2. The second-order valence-corrected chi connectivity index (χ2v) is 9.95. The highest BCUT2D eigenvalue weighted by molar-refractivity contribution is 7.51. The smallest absolute Gasteiger partial charge is 0.327 e. The maximum absolute atomic E-state index is 11.1.